The van der Waals surface area contributed by atoms with E-state index in [0.717, 1.165) is 5.56 Å². The van der Waals surface area contributed by atoms with E-state index in [1.165, 1.54) is 29.2 Å². The number of rotatable bonds is 4. The van der Waals surface area contributed by atoms with Crippen LogP contribution in [0.25, 0.3) is 0 Å². The van der Waals surface area contributed by atoms with Crippen LogP contribution in [0.3, 0.4) is 0 Å². The highest BCUT2D eigenvalue weighted by atomic mass is 16.3. The van der Waals surface area contributed by atoms with Crippen molar-refractivity contribution in [2.24, 2.45) is 0 Å². The first-order valence-corrected chi connectivity index (χ1v) is 8.14. The summed E-state index contributed by atoms with van der Waals surface area (Å²) in [5.41, 5.74) is 2.00. The van der Waals surface area contributed by atoms with Gasteiger partial charge in [0.2, 0.25) is 0 Å². The van der Waals surface area contributed by atoms with E-state index in [2.05, 4.69) is 5.32 Å². The maximum atomic E-state index is 12.8. The molecule has 0 fully saturated rings. The molecule has 0 radical (unpaired) electrons. The van der Waals surface area contributed by atoms with Gasteiger partial charge < -0.3 is 10.4 Å². The van der Waals surface area contributed by atoms with Gasteiger partial charge in [-0.25, -0.2) is 0 Å². The third-order valence-corrected chi connectivity index (χ3v) is 3.82. The van der Waals surface area contributed by atoms with Crippen molar-refractivity contribution in [3.8, 4) is 5.75 Å². The number of para-hydroxylation sites is 1. The van der Waals surface area contributed by atoms with Crippen molar-refractivity contribution >= 4 is 23.2 Å². The molecule has 0 heterocycles. The van der Waals surface area contributed by atoms with Crippen molar-refractivity contribution in [3.63, 3.8) is 0 Å². The summed E-state index contributed by atoms with van der Waals surface area (Å²) in [5, 5.41) is 11.9. The maximum absolute atomic E-state index is 12.8. The molecule has 3 aromatic carbocycles. The predicted octanol–water partition coefficient (Wildman–Crippen LogP) is 3.56. The number of aromatic hydroxyl groups is 1. The van der Waals surface area contributed by atoms with Crippen LogP contribution in [0.4, 0.5) is 11.4 Å². The van der Waals surface area contributed by atoms with Crippen LogP contribution < -0.4 is 10.2 Å². The second-order valence-electron chi connectivity index (χ2n) is 5.71. The molecule has 0 saturated carbocycles. The molecule has 130 valence electrons. The number of anilines is 2. The van der Waals surface area contributed by atoms with Crippen molar-refractivity contribution in [1.29, 1.82) is 0 Å². The maximum Gasteiger partial charge on any atom is 0.316 e. The van der Waals surface area contributed by atoms with Gasteiger partial charge in [-0.15, -0.1) is 0 Å². The third kappa shape index (κ3) is 4.27. The summed E-state index contributed by atoms with van der Waals surface area (Å²) in [6.45, 7) is 0.284. The average molecular weight is 346 g/mol. The van der Waals surface area contributed by atoms with E-state index in [9.17, 15) is 14.7 Å². The Morgan fingerprint density at radius 2 is 1.38 bits per heavy atom. The van der Waals surface area contributed by atoms with Crippen molar-refractivity contribution in [2.75, 3.05) is 10.2 Å². The number of carbonyl (C=O) groups excluding carboxylic acids is 2. The number of phenols is 1. The summed E-state index contributed by atoms with van der Waals surface area (Å²) in [4.78, 5) is 26.7. The molecular weight excluding hydrogens is 328 g/mol. The molecule has 0 aliphatic carbocycles. The van der Waals surface area contributed by atoms with E-state index in [-0.39, 0.29) is 12.3 Å². The van der Waals surface area contributed by atoms with E-state index < -0.39 is 11.8 Å². The number of benzene rings is 3. The molecule has 0 aromatic heterocycles. The molecule has 0 atom stereocenters. The molecule has 0 aliphatic rings. The molecule has 0 saturated heterocycles. The monoisotopic (exact) mass is 346 g/mol. The highest BCUT2D eigenvalue weighted by Gasteiger charge is 2.23. The first-order chi connectivity index (χ1) is 12.6. The Morgan fingerprint density at radius 3 is 2.00 bits per heavy atom. The molecule has 0 unspecified atom stereocenters. The number of amides is 2. The Bertz CT molecular complexity index is 878. The van der Waals surface area contributed by atoms with Crippen LogP contribution in [0.2, 0.25) is 0 Å². The lowest BCUT2D eigenvalue weighted by Crippen LogP contribution is -2.39. The number of nitrogens with zero attached hydrogens (tertiary/aromatic N) is 1. The van der Waals surface area contributed by atoms with Gasteiger partial charge in [-0.3, -0.25) is 14.5 Å². The largest absolute Gasteiger partial charge is 0.508 e. The van der Waals surface area contributed by atoms with E-state index in [1.807, 2.05) is 48.5 Å². The number of phenolic OH excluding ortho intramolecular Hbond substituents is 1. The standard InChI is InChI=1S/C21H18N2O3/c24-19-13-11-17(12-14-19)22-20(25)21(26)23(18-9-5-2-6-10-18)15-16-7-3-1-4-8-16/h1-14,24H,15H2,(H,22,25). The summed E-state index contributed by atoms with van der Waals surface area (Å²) >= 11 is 0. The van der Waals surface area contributed by atoms with Crippen LogP contribution in [0.15, 0.2) is 84.9 Å². The molecule has 0 bridgehead atoms. The predicted molar refractivity (Wildman–Crippen MR) is 101 cm³/mol. The Hall–Kier alpha value is -3.60. The zero-order valence-electron chi connectivity index (χ0n) is 14.0. The van der Waals surface area contributed by atoms with Gasteiger partial charge in [-0.05, 0) is 42.0 Å². The lowest BCUT2D eigenvalue weighted by Gasteiger charge is -2.22. The second-order valence-corrected chi connectivity index (χ2v) is 5.71. The Labute approximate surface area is 151 Å². The Morgan fingerprint density at radius 1 is 0.808 bits per heavy atom. The quantitative estimate of drug-likeness (QED) is 0.560. The SMILES string of the molecule is O=C(Nc1ccc(O)cc1)C(=O)N(Cc1ccccc1)c1ccccc1. The van der Waals surface area contributed by atoms with Crippen LogP contribution in [0, 0.1) is 0 Å². The summed E-state index contributed by atoms with van der Waals surface area (Å²) < 4.78 is 0. The molecule has 0 aliphatic heterocycles. The zero-order chi connectivity index (χ0) is 18.4. The molecule has 3 aromatic rings. The van der Waals surface area contributed by atoms with E-state index >= 15 is 0 Å². The first kappa shape index (κ1) is 17.2. The van der Waals surface area contributed by atoms with Gasteiger partial charge in [0.05, 0.1) is 6.54 Å². The van der Waals surface area contributed by atoms with Crippen molar-refractivity contribution in [1.82, 2.24) is 0 Å². The van der Waals surface area contributed by atoms with Gasteiger partial charge in [0.25, 0.3) is 0 Å². The minimum atomic E-state index is -0.740. The first-order valence-electron chi connectivity index (χ1n) is 8.14. The fourth-order valence-electron chi connectivity index (χ4n) is 2.51. The van der Waals surface area contributed by atoms with Crippen LogP contribution in [0.1, 0.15) is 5.56 Å². The number of hydrogen-bond donors (Lipinski definition) is 2. The van der Waals surface area contributed by atoms with E-state index in [0.29, 0.717) is 11.4 Å². The molecule has 3 rings (SSSR count). The van der Waals surface area contributed by atoms with Crippen molar-refractivity contribution in [3.05, 3.63) is 90.5 Å². The molecule has 26 heavy (non-hydrogen) atoms. The van der Waals surface area contributed by atoms with Crippen molar-refractivity contribution < 1.29 is 14.7 Å². The van der Waals surface area contributed by atoms with Gasteiger partial charge in [0, 0.05) is 11.4 Å². The van der Waals surface area contributed by atoms with E-state index in [1.54, 1.807) is 12.1 Å². The third-order valence-electron chi connectivity index (χ3n) is 3.82. The molecule has 5 heteroatoms. The van der Waals surface area contributed by atoms with Crippen LogP contribution in [-0.4, -0.2) is 16.9 Å². The highest BCUT2D eigenvalue weighted by molar-refractivity contribution is 6.44. The number of carbonyl (C=O) groups is 2. The minimum Gasteiger partial charge on any atom is -0.508 e. The van der Waals surface area contributed by atoms with E-state index in [4.69, 9.17) is 0 Å². The fraction of sp³-hybridized carbons (Fsp3) is 0.0476. The second kappa shape index (κ2) is 7.98. The lowest BCUT2D eigenvalue weighted by atomic mass is 10.2. The topological polar surface area (TPSA) is 69.6 Å². The molecule has 2 N–H and O–H groups in total. The van der Waals surface area contributed by atoms with Gasteiger partial charge in [0.15, 0.2) is 0 Å². The van der Waals surface area contributed by atoms with Crippen molar-refractivity contribution in [2.45, 2.75) is 6.54 Å². The van der Waals surface area contributed by atoms with Crippen LogP contribution in [-0.2, 0) is 16.1 Å². The molecular formula is C21H18N2O3. The summed E-state index contributed by atoms with van der Waals surface area (Å²) in [6, 6.07) is 24.5. The van der Waals surface area contributed by atoms with Crippen LogP contribution in [0.5, 0.6) is 5.75 Å². The normalized spacial score (nSPS) is 10.2. The van der Waals surface area contributed by atoms with Gasteiger partial charge >= 0.3 is 11.8 Å². The molecule has 5 nitrogen and oxygen atoms in total. The summed E-state index contributed by atoms with van der Waals surface area (Å²) in [5.74, 6) is -1.31. The summed E-state index contributed by atoms with van der Waals surface area (Å²) in [6.07, 6.45) is 0. The number of nitrogens with one attached hydrogen (secondary N) is 1. The van der Waals surface area contributed by atoms with Crippen LogP contribution >= 0.6 is 0 Å². The molecule has 2 amide bonds. The fourth-order valence-corrected chi connectivity index (χ4v) is 2.51. The smallest absolute Gasteiger partial charge is 0.316 e. The summed E-state index contributed by atoms with van der Waals surface area (Å²) in [7, 11) is 0. The average Bonchev–Trinajstić information content (AvgIpc) is 2.69. The molecule has 0 spiro atoms. The van der Waals surface area contributed by atoms with Gasteiger partial charge in [-0.2, -0.15) is 0 Å². The lowest BCUT2D eigenvalue weighted by molar-refractivity contribution is -0.134. The number of hydrogen-bond acceptors (Lipinski definition) is 3. The highest BCUT2D eigenvalue weighted by Crippen LogP contribution is 2.18. The Balaban J connectivity index is 1.82. The Kier molecular flexibility index (Phi) is 5.29. The zero-order valence-corrected chi connectivity index (χ0v) is 14.0. The minimum absolute atomic E-state index is 0.0873. The van der Waals surface area contributed by atoms with Gasteiger partial charge in [0.1, 0.15) is 5.75 Å². The van der Waals surface area contributed by atoms with Gasteiger partial charge in [-0.1, -0.05) is 48.5 Å².